The number of hydrogen-bond donors (Lipinski definition) is 0. The summed E-state index contributed by atoms with van der Waals surface area (Å²) in [5.41, 5.74) is 1.37. The lowest BCUT2D eigenvalue weighted by Gasteiger charge is -2.20. The molecule has 1 amide bonds. The molecule has 0 spiro atoms. The van der Waals surface area contributed by atoms with Crippen LogP contribution < -0.4 is 9.64 Å². The van der Waals surface area contributed by atoms with E-state index in [9.17, 15) is 9.59 Å². The Labute approximate surface area is 171 Å². The average molecular weight is 397 g/mol. The molecule has 1 aliphatic rings. The number of pyridine rings is 1. The summed E-state index contributed by atoms with van der Waals surface area (Å²) < 4.78 is 10.7. The molecule has 3 rings (SSSR count). The fourth-order valence-corrected chi connectivity index (χ4v) is 3.27. The van der Waals surface area contributed by atoms with Gasteiger partial charge in [-0.05, 0) is 49.6 Å². The number of likely N-dealkylation sites (N-methyl/N-ethyl adjacent to an activating group) is 1. The van der Waals surface area contributed by atoms with Crippen LogP contribution in [-0.4, -0.2) is 55.1 Å². The molecule has 29 heavy (non-hydrogen) atoms. The summed E-state index contributed by atoms with van der Waals surface area (Å²) in [6, 6.07) is 11.0. The zero-order chi connectivity index (χ0) is 20.6. The highest BCUT2D eigenvalue weighted by atomic mass is 16.5. The van der Waals surface area contributed by atoms with Gasteiger partial charge in [0.1, 0.15) is 17.1 Å². The van der Waals surface area contributed by atoms with Gasteiger partial charge < -0.3 is 19.3 Å². The zero-order valence-corrected chi connectivity index (χ0v) is 17.0. The van der Waals surface area contributed by atoms with Crippen LogP contribution >= 0.6 is 0 Å². The number of ether oxygens (including phenoxy) is 2. The molecule has 0 radical (unpaired) electrons. The van der Waals surface area contributed by atoms with E-state index in [0.29, 0.717) is 24.5 Å². The van der Waals surface area contributed by atoms with E-state index in [1.54, 1.807) is 25.4 Å². The highest BCUT2D eigenvalue weighted by molar-refractivity contribution is 5.96. The number of amides is 1. The van der Waals surface area contributed by atoms with Gasteiger partial charge in [0.15, 0.2) is 6.61 Å². The maximum absolute atomic E-state index is 12.5. The minimum atomic E-state index is -0.525. The first kappa shape index (κ1) is 20.6. The summed E-state index contributed by atoms with van der Waals surface area (Å²) in [7, 11) is 1.69. The van der Waals surface area contributed by atoms with Gasteiger partial charge in [0.05, 0.1) is 6.61 Å². The Hall–Kier alpha value is -3.09. The van der Waals surface area contributed by atoms with Crippen molar-refractivity contribution < 1.29 is 19.1 Å². The van der Waals surface area contributed by atoms with E-state index < -0.39 is 5.97 Å². The third-order valence-electron chi connectivity index (χ3n) is 4.82. The molecule has 7 nitrogen and oxygen atoms in total. The monoisotopic (exact) mass is 397 g/mol. The number of aromatic nitrogens is 1. The van der Waals surface area contributed by atoms with Gasteiger partial charge in [-0.1, -0.05) is 12.1 Å². The predicted octanol–water partition coefficient (Wildman–Crippen LogP) is 2.90. The molecule has 1 fully saturated rings. The molecule has 1 aliphatic heterocycles. The summed E-state index contributed by atoms with van der Waals surface area (Å²) in [4.78, 5) is 32.9. The van der Waals surface area contributed by atoms with Crippen LogP contribution in [0.15, 0.2) is 42.6 Å². The van der Waals surface area contributed by atoms with Crippen LogP contribution in [0.2, 0.25) is 0 Å². The lowest BCUT2D eigenvalue weighted by molar-refractivity contribution is -0.133. The van der Waals surface area contributed by atoms with Gasteiger partial charge in [0, 0.05) is 32.9 Å². The van der Waals surface area contributed by atoms with Crippen molar-refractivity contribution in [1.29, 1.82) is 0 Å². The van der Waals surface area contributed by atoms with Gasteiger partial charge in [-0.3, -0.25) is 4.79 Å². The molecule has 2 heterocycles. The second-order valence-corrected chi connectivity index (χ2v) is 6.97. The molecule has 0 bridgehead atoms. The topological polar surface area (TPSA) is 72.0 Å². The van der Waals surface area contributed by atoms with Crippen molar-refractivity contribution in [2.45, 2.75) is 26.3 Å². The van der Waals surface area contributed by atoms with Crippen LogP contribution in [-0.2, 0) is 16.1 Å². The Morgan fingerprint density at radius 3 is 2.55 bits per heavy atom. The Balaban J connectivity index is 1.54. The predicted molar refractivity (Wildman–Crippen MR) is 110 cm³/mol. The molecule has 0 saturated carbocycles. The van der Waals surface area contributed by atoms with E-state index in [-0.39, 0.29) is 12.5 Å². The van der Waals surface area contributed by atoms with Gasteiger partial charge in [-0.2, -0.15) is 0 Å². The third-order valence-corrected chi connectivity index (χ3v) is 4.82. The van der Waals surface area contributed by atoms with E-state index in [4.69, 9.17) is 9.47 Å². The van der Waals surface area contributed by atoms with Crippen molar-refractivity contribution in [3.05, 3.63) is 53.7 Å². The number of esters is 1. The fourth-order valence-electron chi connectivity index (χ4n) is 3.27. The fraction of sp³-hybridized carbons (Fsp3) is 0.409. The highest BCUT2D eigenvalue weighted by Gasteiger charge is 2.22. The molecule has 0 unspecified atom stereocenters. The number of hydrogen-bond acceptors (Lipinski definition) is 6. The molecule has 0 atom stereocenters. The Bertz CT molecular complexity index is 832. The summed E-state index contributed by atoms with van der Waals surface area (Å²) in [6.07, 6.45) is 3.83. The average Bonchev–Trinajstić information content (AvgIpc) is 3.28. The number of benzene rings is 1. The molecule has 7 heteroatoms. The van der Waals surface area contributed by atoms with Gasteiger partial charge in [-0.25, -0.2) is 9.78 Å². The quantitative estimate of drug-likeness (QED) is 0.638. The Morgan fingerprint density at radius 1 is 1.14 bits per heavy atom. The summed E-state index contributed by atoms with van der Waals surface area (Å²) in [5, 5.41) is 0. The molecule has 1 aromatic heterocycles. The van der Waals surface area contributed by atoms with E-state index >= 15 is 0 Å². The number of rotatable bonds is 8. The number of carbonyl (C=O) groups excluding carboxylic acids is 2. The van der Waals surface area contributed by atoms with Gasteiger partial charge >= 0.3 is 5.97 Å². The van der Waals surface area contributed by atoms with Crippen molar-refractivity contribution in [2.75, 3.05) is 38.3 Å². The first-order chi connectivity index (χ1) is 14.1. The molecular formula is C22H27N3O4. The van der Waals surface area contributed by atoms with E-state index in [1.165, 1.54) is 4.90 Å². The van der Waals surface area contributed by atoms with E-state index in [1.807, 2.05) is 31.2 Å². The second kappa shape index (κ2) is 9.91. The number of anilines is 1. The Kier molecular flexibility index (Phi) is 7.05. The first-order valence-electron chi connectivity index (χ1n) is 9.91. The van der Waals surface area contributed by atoms with Crippen molar-refractivity contribution in [3.63, 3.8) is 0 Å². The van der Waals surface area contributed by atoms with Crippen LogP contribution in [0.5, 0.6) is 5.75 Å². The normalized spacial score (nSPS) is 13.2. The lowest BCUT2D eigenvalue weighted by Crippen LogP contribution is -2.31. The highest BCUT2D eigenvalue weighted by Crippen LogP contribution is 2.22. The van der Waals surface area contributed by atoms with Gasteiger partial charge in [-0.15, -0.1) is 0 Å². The summed E-state index contributed by atoms with van der Waals surface area (Å²) >= 11 is 0. The van der Waals surface area contributed by atoms with Gasteiger partial charge in [0.2, 0.25) is 0 Å². The summed E-state index contributed by atoms with van der Waals surface area (Å²) in [5.74, 6) is 0.635. The van der Waals surface area contributed by atoms with Crippen LogP contribution in [0, 0.1) is 0 Å². The van der Waals surface area contributed by atoms with Crippen LogP contribution in [0.1, 0.15) is 35.7 Å². The van der Waals surface area contributed by atoms with Crippen molar-refractivity contribution >= 4 is 17.7 Å². The minimum Gasteiger partial charge on any atom is -0.494 e. The molecule has 2 aromatic rings. The van der Waals surface area contributed by atoms with Crippen molar-refractivity contribution in [3.8, 4) is 5.75 Å². The number of carbonyl (C=O) groups is 2. The minimum absolute atomic E-state index is 0.265. The van der Waals surface area contributed by atoms with E-state index in [0.717, 1.165) is 37.2 Å². The number of nitrogens with zero attached hydrogens (tertiary/aromatic N) is 3. The van der Waals surface area contributed by atoms with E-state index in [2.05, 4.69) is 9.88 Å². The maximum atomic E-state index is 12.5. The van der Waals surface area contributed by atoms with Crippen LogP contribution in [0.25, 0.3) is 0 Å². The zero-order valence-electron chi connectivity index (χ0n) is 17.0. The van der Waals surface area contributed by atoms with Crippen molar-refractivity contribution in [1.82, 2.24) is 9.88 Å². The van der Waals surface area contributed by atoms with Crippen molar-refractivity contribution in [2.24, 2.45) is 0 Å². The SMILES string of the molecule is CCOc1ccc(CN(C)C(=O)COC(=O)c2cccnc2N2CCCC2)cc1. The first-order valence-corrected chi connectivity index (χ1v) is 9.91. The van der Waals surface area contributed by atoms with Crippen LogP contribution in [0.3, 0.4) is 0 Å². The maximum Gasteiger partial charge on any atom is 0.342 e. The smallest absolute Gasteiger partial charge is 0.342 e. The standard InChI is InChI=1S/C22H27N3O4/c1-3-28-18-10-8-17(9-11-18)15-24(2)20(26)16-29-22(27)19-7-6-12-23-21(19)25-13-4-5-14-25/h6-12H,3-5,13-16H2,1-2H3. The largest absolute Gasteiger partial charge is 0.494 e. The molecule has 0 N–H and O–H groups in total. The second-order valence-electron chi connectivity index (χ2n) is 6.97. The molecular weight excluding hydrogens is 370 g/mol. The molecule has 1 saturated heterocycles. The molecule has 1 aromatic carbocycles. The van der Waals surface area contributed by atoms with Crippen LogP contribution in [0.4, 0.5) is 5.82 Å². The Morgan fingerprint density at radius 2 is 1.86 bits per heavy atom. The van der Waals surface area contributed by atoms with Gasteiger partial charge in [0.25, 0.3) is 5.91 Å². The lowest BCUT2D eigenvalue weighted by atomic mass is 10.2. The molecule has 154 valence electrons. The third kappa shape index (κ3) is 5.47. The molecule has 0 aliphatic carbocycles. The summed E-state index contributed by atoms with van der Waals surface area (Å²) in [6.45, 7) is 4.41.